The number of aryl methyl sites for hydroxylation is 2. The molecule has 0 N–H and O–H groups in total. The summed E-state index contributed by atoms with van der Waals surface area (Å²) in [6.45, 7) is 3.92. The number of rotatable bonds is 2. The minimum atomic E-state index is 0.0891. The smallest absolute Gasteiger partial charge is 0.231 e. The van der Waals surface area contributed by atoms with E-state index < -0.39 is 0 Å². The molecule has 4 heteroatoms. The van der Waals surface area contributed by atoms with Gasteiger partial charge in [0, 0.05) is 18.3 Å². The number of anilines is 1. The van der Waals surface area contributed by atoms with Gasteiger partial charge in [0.25, 0.3) is 0 Å². The number of alkyl halides is 1. The van der Waals surface area contributed by atoms with Gasteiger partial charge in [-0.25, -0.2) is 0 Å². The van der Waals surface area contributed by atoms with E-state index in [4.69, 9.17) is 4.42 Å². The van der Waals surface area contributed by atoms with E-state index in [1.54, 1.807) is 4.90 Å². The minimum absolute atomic E-state index is 0.0891. The third-order valence-electron chi connectivity index (χ3n) is 3.83. The van der Waals surface area contributed by atoms with Gasteiger partial charge in [-0.05, 0) is 37.1 Å². The molecule has 104 valence electrons. The molecule has 0 spiro atoms. The van der Waals surface area contributed by atoms with Crippen molar-refractivity contribution in [3.8, 4) is 0 Å². The highest BCUT2D eigenvalue weighted by molar-refractivity contribution is 9.09. The summed E-state index contributed by atoms with van der Waals surface area (Å²) in [5.74, 6) is 2.00. The van der Waals surface area contributed by atoms with Gasteiger partial charge in [0.1, 0.15) is 11.5 Å². The van der Waals surface area contributed by atoms with Gasteiger partial charge in [0.05, 0.1) is 11.2 Å². The van der Waals surface area contributed by atoms with Crippen LogP contribution in [0.1, 0.15) is 33.0 Å². The lowest BCUT2D eigenvalue weighted by atomic mass is 10.0. The van der Waals surface area contributed by atoms with Crippen molar-refractivity contribution in [2.75, 3.05) is 11.9 Å². The van der Waals surface area contributed by atoms with Gasteiger partial charge in [0.2, 0.25) is 5.91 Å². The summed E-state index contributed by atoms with van der Waals surface area (Å²) in [7, 11) is 1.82. The number of hydrogen-bond donors (Lipinski definition) is 0. The fourth-order valence-electron chi connectivity index (χ4n) is 2.73. The van der Waals surface area contributed by atoms with E-state index in [0.29, 0.717) is 6.42 Å². The molecule has 1 aliphatic rings. The third-order valence-corrected chi connectivity index (χ3v) is 4.85. The standard InChI is InChI=1S/C16H16BrNO2/c1-9-6-13(10(2)20-9)16(17)11-4-5-14-12(7-11)8-15(19)18(14)3/h4-7,16H,8H2,1-3H3. The Hall–Kier alpha value is -1.55. The van der Waals surface area contributed by atoms with Crippen molar-refractivity contribution in [3.63, 3.8) is 0 Å². The van der Waals surface area contributed by atoms with Gasteiger partial charge in [-0.1, -0.05) is 28.1 Å². The second kappa shape index (κ2) is 4.77. The Kier molecular flexibility index (Phi) is 3.21. The zero-order chi connectivity index (χ0) is 14.4. The van der Waals surface area contributed by atoms with Crippen molar-refractivity contribution in [3.05, 3.63) is 52.5 Å². The van der Waals surface area contributed by atoms with Gasteiger partial charge < -0.3 is 9.32 Å². The highest BCUT2D eigenvalue weighted by Gasteiger charge is 2.25. The quantitative estimate of drug-likeness (QED) is 0.781. The van der Waals surface area contributed by atoms with Crippen LogP contribution in [0.3, 0.4) is 0 Å². The summed E-state index contributed by atoms with van der Waals surface area (Å²) in [5, 5.41) is 0. The number of amides is 1. The third kappa shape index (κ3) is 2.08. The molecule has 0 bridgehead atoms. The molecule has 1 aromatic heterocycles. The zero-order valence-electron chi connectivity index (χ0n) is 11.7. The first-order valence-electron chi connectivity index (χ1n) is 6.57. The summed E-state index contributed by atoms with van der Waals surface area (Å²) >= 11 is 3.74. The average molecular weight is 334 g/mol. The Bertz CT molecular complexity index is 690. The van der Waals surface area contributed by atoms with Crippen LogP contribution in [0.15, 0.2) is 28.7 Å². The zero-order valence-corrected chi connectivity index (χ0v) is 13.3. The topological polar surface area (TPSA) is 33.5 Å². The summed E-state index contributed by atoms with van der Waals surface area (Å²) in [4.78, 5) is 13.5. The molecule has 1 atom stereocenters. The van der Waals surface area contributed by atoms with E-state index >= 15 is 0 Å². The van der Waals surface area contributed by atoms with Crippen LogP contribution in [0.4, 0.5) is 5.69 Å². The molecule has 0 saturated heterocycles. The number of likely N-dealkylation sites (N-methyl/N-ethyl adjacent to an activating group) is 1. The second-order valence-electron chi connectivity index (χ2n) is 5.25. The van der Waals surface area contributed by atoms with Crippen molar-refractivity contribution >= 4 is 27.5 Å². The molecule has 0 radical (unpaired) electrons. The van der Waals surface area contributed by atoms with E-state index in [9.17, 15) is 4.79 Å². The van der Waals surface area contributed by atoms with E-state index in [1.165, 1.54) is 0 Å². The number of nitrogens with zero attached hydrogens (tertiary/aromatic N) is 1. The van der Waals surface area contributed by atoms with Crippen molar-refractivity contribution in [2.45, 2.75) is 25.1 Å². The molecular formula is C16H16BrNO2. The molecule has 1 amide bonds. The van der Waals surface area contributed by atoms with Gasteiger partial charge in [0.15, 0.2) is 0 Å². The Morgan fingerprint density at radius 2 is 2.05 bits per heavy atom. The summed E-state index contributed by atoms with van der Waals surface area (Å²) in [6, 6.07) is 8.25. The largest absolute Gasteiger partial charge is 0.466 e. The predicted molar refractivity (Wildman–Crippen MR) is 82.5 cm³/mol. The van der Waals surface area contributed by atoms with Gasteiger partial charge in [-0.3, -0.25) is 4.79 Å². The number of fused-ring (bicyclic) bond motifs is 1. The molecule has 0 fully saturated rings. The molecule has 2 aromatic rings. The Balaban J connectivity index is 1.98. The van der Waals surface area contributed by atoms with Gasteiger partial charge in [-0.2, -0.15) is 0 Å². The molecule has 3 rings (SSSR count). The number of benzene rings is 1. The fourth-order valence-corrected chi connectivity index (χ4v) is 3.47. The second-order valence-corrected chi connectivity index (χ2v) is 6.16. The highest BCUT2D eigenvalue weighted by atomic mass is 79.9. The molecular weight excluding hydrogens is 318 g/mol. The van der Waals surface area contributed by atoms with Crippen LogP contribution in [-0.4, -0.2) is 13.0 Å². The summed E-state index contributed by atoms with van der Waals surface area (Å²) in [6.07, 6.45) is 0.489. The molecule has 0 saturated carbocycles. The van der Waals surface area contributed by atoms with Crippen LogP contribution < -0.4 is 4.90 Å². The number of carbonyl (C=O) groups is 1. The minimum Gasteiger partial charge on any atom is -0.466 e. The first-order valence-corrected chi connectivity index (χ1v) is 7.49. The van der Waals surface area contributed by atoms with Crippen molar-refractivity contribution in [2.24, 2.45) is 0 Å². The number of carbonyl (C=O) groups excluding carboxylic acids is 1. The van der Waals surface area contributed by atoms with E-state index in [-0.39, 0.29) is 10.7 Å². The van der Waals surface area contributed by atoms with Crippen LogP contribution in [0.2, 0.25) is 0 Å². The average Bonchev–Trinajstić information content (AvgIpc) is 2.89. The Labute approximate surface area is 126 Å². The molecule has 20 heavy (non-hydrogen) atoms. The molecule has 1 aliphatic heterocycles. The molecule has 0 aliphatic carbocycles. The summed E-state index contributed by atoms with van der Waals surface area (Å²) in [5.41, 5.74) is 4.40. The molecule has 1 aromatic carbocycles. The van der Waals surface area contributed by atoms with Crippen molar-refractivity contribution in [1.82, 2.24) is 0 Å². The van der Waals surface area contributed by atoms with Crippen LogP contribution in [0.25, 0.3) is 0 Å². The molecule has 1 unspecified atom stereocenters. The monoisotopic (exact) mass is 333 g/mol. The predicted octanol–water partition coefficient (Wildman–Crippen LogP) is 3.90. The lowest BCUT2D eigenvalue weighted by Crippen LogP contribution is -2.20. The lowest BCUT2D eigenvalue weighted by Gasteiger charge is -2.13. The van der Waals surface area contributed by atoms with E-state index in [1.807, 2.05) is 27.0 Å². The van der Waals surface area contributed by atoms with Crippen LogP contribution in [0.5, 0.6) is 0 Å². The van der Waals surface area contributed by atoms with Crippen molar-refractivity contribution < 1.29 is 9.21 Å². The van der Waals surface area contributed by atoms with Crippen LogP contribution in [-0.2, 0) is 11.2 Å². The van der Waals surface area contributed by atoms with E-state index in [2.05, 4.69) is 34.1 Å². The SMILES string of the molecule is Cc1cc(C(Br)c2ccc3c(c2)CC(=O)N3C)c(C)o1. The summed E-state index contributed by atoms with van der Waals surface area (Å²) < 4.78 is 5.59. The van der Waals surface area contributed by atoms with Crippen LogP contribution >= 0.6 is 15.9 Å². The number of halogens is 1. The normalized spacial score (nSPS) is 15.6. The highest BCUT2D eigenvalue weighted by Crippen LogP contribution is 2.37. The van der Waals surface area contributed by atoms with E-state index in [0.717, 1.165) is 33.9 Å². The van der Waals surface area contributed by atoms with Crippen molar-refractivity contribution in [1.29, 1.82) is 0 Å². The first kappa shape index (κ1) is 13.4. The Morgan fingerprint density at radius 3 is 2.70 bits per heavy atom. The maximum absolute atomic E-state index is 11.7. The maximum atomic E-state index is 11.7. The number of furan rings is 1. The first-order chi connectivity index (χ1) is 9.47. The fraction of sp³-hybridized carbons (Fsp3) is 0.312. The maximum Gasteiger partial charge on any atom is 0.231 e. The van der Waals surface area contributed by atoms with Gasteiger partial charge in [-0.15, -0.1) is 0 Å². The van der Waals surface area contributed by atoms with Gasteiger partial charge >= 0.3 is 0 Å². The van der Waals surface area contributed by atoms with Crippen LogP contribution in [0, 0.1) is 13.8 Å². The molecule has 2 heterocycles. The number of hydrogen-bond acceptors (Lipinski definition) is 2. The lowest BCUT2D eigenvalue weighted by molar-refractivity contribution is -0.117. The Morgan fingerprint density at radius 1 is 1.30 bits per heavy atom. The molecule has 3 nitrogen and oxygen atoms in total.